The van der Waals surface area contributed by atoms with Crippen LogP contribution in [0.2, 0.25) is 0 Å². The van der Waals surface area contributed by atoms with E-state index in [1.807, 2.05) is 13.8 Å². The fraction of sp³-hybridized carbons (Fsp3) is 0.208. The van der Waals surface area contributed by atoms with Gasteiger partial charge in [-0.15, -0.1) is 11.3 Å². The minimum absolute atomic E-state index is 0.0184. The van der Waals surface area contributed by atoms with E-state index in [1.165, 1.54) is 23.3 Å². The smallest absolute Gasteiger partial charge is 0.301 e. The molecule has 0 spiro atoms. The lowest BCUT2D eigenvalue weighted by molar-refractivity contribution is -0.132. The number of methoxy groups -OCH3 is 2. The van der Waals surface area contributed by atoms with E-state index in [0.29, 0.717) is 27.8 Å². The third-order valence-electron chi connectivity index (χ3n) is 5.46. The highest BCUT2D eigenvalue weighted by atomic mass is 32.1. The number of amides is 1. The molecule has 0 bridgehead atoms. The van der Waals surface area contributed by atoms with Crippen LogP contribution in [0.3, 0.4) is 0 Å². The molecule has 4 rings (SSSR count). The summed E-state index contributed by atoms with van der Waals surface area (Å²) in [5, 5.41) is 11.6. The number of para-hydroxylation sites is 1. The molecule has 7 nitrogen and oxygen atoms in total. The lowest BCUT2D eigenvalue weighted by Gasteiger charge is -2.24. The molecule has 2 heterocycles. The van der Waals surface area contributed by atoms with Crippen LogP contribution in [0.1, 0.15) is 27.7 Å². The maximum Gasteiger partial charge on any atom is 0.301 e. The predicted octanol–water partition coefficient (Wildman–Crippen LogP) is 4.40. The summed E-state index contributed by atoms with van der Waals surface area (Å²) in [7, 11) is 3.06. The van der Waals surface area contributed by atoms with Crippen molar-refractivity contribution in [1.29, 1.82) is 0 Å². The van der Waals surface area contributed by atoms with Crippen LogP contribution in [0.25, 0.3) is 5.76 Å². The third kappa shape index (κ3) is 3.52. The normalized spacial score (nSPS) is 17.6. The molecule has 2 aromatic carbocycles. The molecule has 1 unspecified atom stereocenters. The molecule has 0 saturated carbocycles. The molecule has 1 saturated heterocycles. The number of aliphatic hydroxyl groups is 1. The number of aryl methyl sites for hydroxylation is 2. The minimum Gasteiger partial charge on any atom is -0.507 e. The Morgan fingerprint density at radius 2 is 1.72 bits per heavy atom. The van der Waals surface area contributed by atoms with Gasteiger partial charge >= 0.3 is 5.91 Å². The zero-order valence-electron chi connectivity index (χ0n) is 18.1. The third-order valence-corrected chi connectivity index (χ3v) is 6.54. The zero-order chi connectivity index (χ0) is 23.0. The van der Waals surface area contributed by atoms with Gasteiger partial charge in [-0.05, 0) is 44.2 Å². The van der Waals surface area contributed by atoms with Gasteiger partial charge in [0.25, 0.3) is 5.78 Å². The summed E-state index contributed by atoms with van der Waals surface area (Å²) in [4.78, 5) is 33.2. The van der Waals surface area contributed by atoms with Gasteiger partial charge in [0, 0.05) is 16.0 Å². The Balaban J connectivity index is 1.96. The average Bonchev–Trinajstić information content (AvgIpc) is 3.28. The van der Waals surface area contributed by atoms with Gasteiger partial charge in [0.05, 0.1) is 25.5 Å². The SMILES string of the molecule is COc1ccc(C(O)=C2C(=O)C(=O)N(c3nc(C)c(C)s3)C2c2ccccc2OC)cc1. The topological polar surface area (TPSA) is 89.0 Å². The summed E-state index contributed by atoms with van der Waals surface area (Å²) in [6, 6.07) is 12.9. The van der Waals surface area contributed by atoms with Crippen molar-refractivity contribution in [2.75, 3.05) is 19.1 Å². The molecular formula is C24H22N2O5S. The Hall–Kier alpha value is -3.65. The molecule has 0 radical (unpaired) electrons. The molecule has 32 heavy (non-hydrogen) atoms. The zero-order valence-corrected chi connectivity index (χ0v) is 18.9. The number of ketones is 1. The van der Waals surface area contributed by atoms with Gasteiger partial charge in [-0.1, -0.05) is 18.2 Å². The Bertz CT molecular complexity index is 1210. The van der Waals surface area contributed by atoms with Gasteiger partial charge in [-0.25, -0.2) is 4.98 Å². The van der Waals surface area contributed by atoms with Gasteiger partial charge in [0.15, 0.2) is 5.13 Å². The molecule has 8 heteroatoms. The molecule has 0 aliphatic carbocycles. The van der Waals surface area contributed by atoms with Crippen molar-refractivity contribution in [1.82, 2.24) is 4.98 Å². The molecule has 1 aliphatic heterocycles. The fourth-order valence-electron chi connectivity index (χ4n) is 3.68. The standard InChI is InChI=1S/C24H22N2O5S/c1-13-14(2)32-24(25-13)26-20(17-7-5-6-8-18(17)31-4)19(22(28)23(26)29)21(27)15-9-11-16(30-3)12-10-15/h5-12,20,27H,1-4H3. The quantitative estimate of drug-likeness (QED) is 0.352. The van der Waals surface area contributed by atoms with E-state index >= 15 is 0 Å². The number of ether oxygens (including phenoxy) is 2. The van der Waals surface area contributed by atoms with Crippen molar-refractivity contribution < 1.29 is 24.2 Å². The Morgan fingerprint density at radius 3 is 2.31 bits per heavy atom. The first-order valence-electron chi connectivity index (χ1n) is 9.89. The van der Waals surface area contributed by atoms with Crippen LogP contribution in [-0.4, -0.2) is 36.0 Å². The predicted molar refractivity (Wildman–Crippen MR) is 122 cm³/mol. The molecule has 1 amide bonds. The van der Waals surface area contributed by atoms with Crippen LogP contribution < -0.4 is 14.4 Å². The van der Waals surface area contributed by atoms with Gasteiger partial charge < -0.3 is 14.6 Å². The van der Waals surface area contributed by atoms with Crippen molar-refractivity contribution in [2.45, 2.75) is 19.9 Å². The van der Waals surface area contributed by atoms with Crippen LogP contribution in [-0.2, 0) is 9.59 Å². The van der Waals surface area contributed by atoms with Gasteiger partial charge in [0.1, 0.15) is 23.3 Å². The summed E-state index contributed by atoms with van der Waals surface area (Å²) in [5.41, 5.74) is 1.74. The van der Waals surface area contributed by atoms with Gasteiger partial charge in [0.2, 0.25) is 0 Å². The molecule has 1 aromatic heterocycles. The number of carbonyl (C=O) groups excluding carboxylic acids is 2. The maximum absolute atomic E-state index is 13.2. The molecule has 164 valence electrons. The summed E-state index contributed by atoms with van der Waals surface area (Å²) in [6.45, 7) is 3.75. The van der Waals surface area contributed by atoms with Gasteiger partial charge in [-0.2, -0.15) is 0 Å². The first-order chi connectivity index (χ1) is 15.4. The van der Waals surface area contributed by atoms with E-state index in [-0.39, 0.29) is 11.3 Å². The lowest BCUT2D eigenvalue weighted by atomic mass is 9.94. The molecular weight excluding hydrogens is 428 g/mol. The number of nitrogens with zero attached hydrogens (tertiary/aromatic N) is 2. The lowest BCUT2D eigenvalue weighted by Crippen LogP contribution is -2.29. The van der Waals surface area contributed by atoms with Crippen molar-refractivity contribution in [3.05, 3.63) is 75.8 Å². The van der Waals surface area contributed by atoms with Crippen LogP contribution in [0.4, 0.5) is 5.13 Å². The van der Waals surface area contributed by atoms with Crippen molar-refractivity contribution in [3.63, 3.8) is 0 Å². The van der Waals surface area contributed by atoms with Crippen LogP contribution >= 0.6 is 11.3 Å². The number of benzene rings is 2. The van der Waals surface area contributed by atoms with Gasteiger partial charge in [-0.3, -0.25) is 14.5 Å². The summed E-state index contributed by atoms with van der Waals surface area (Å²) in [5.74, 6) is -0.689. The molecule has 3 aromatic rings. The summed E-state index contributed by atoms with van der Waals surface area (Å²) >= 11 is 1.32. The van der Waals surface area contributed by atoms with E-state index in [0.717, 1.165) is 10.6 Å². The first kappa shape index (κ1) is 21.6. The second kappa shape index (κ2) is 8.47. The van der Waals surface area contributed by atoms with E-state index in [4.69, 9.17) is 9.47 Å². The highest BCUT2D eigenvalue weighted by Crippen LogP contribution is 2.46. The second-order valence-corrected chi connectivity index (χ2v) is 8.46. The maximum atomic E-state index is 13.2. The van der Waals surface area contributed by atoms with Crippen LogP contribution in [0.5, 0.6) is 11.5 Å². The number of hydrogen-bond donors (Lipinski definition) is 1. The molecule has 1 N–H and O–H groups in total. The number of anilines is 1. The highest BCUT2D eigenvalue weighted by molar-refractivity contribution is 7.16. The monoisotopic (exact) mass is 450 g/mol. The minimum atomic E-state index is -0.891. The summed E-state index contributed by atoms with van der Waals surface area (Å²) < 4.78 is 10.7. The van der Waals surface area contributed by atoms with Crippen LogP contribution in [0.15, 0.2) is 54.1 Å². The number of thiazole rings is 1. The van der Waals surface area contributed by atoms with Crippen LogP contribution in [0, 0.1) is 13.8 Å². The fourth-order valence-corrected chi connectivity index (χ4v) is 4.62. The van der Waals surface area contributed by atoms with E-state index in [2.05, 4.69) is 4.98 Å². The number of rotatable bonds is 5. The Morgan fingerprint density at radius 1 is 1.03 bits per heavy atom. The van der Waals surface area contributed by atoms with E-state index in [1.54, 1.807) is 55.6 Å². The number of aromatic nitrogens is 1. The number of hydrogen-bond acceptors (Lipinski definition) is 7. The van der Waals surface area contributed by atoms with E-state index < -0.39 is 17.7 Å². The Labute approximate surface area is 189 Å². The molecule has 1 fully saturated rings. The average molecular weight is 451 g/mol. The highest BCUT2D eigenvalue weighted by Gasteiger charge is 2.49. The molecule has 1 aliphatic rings. The number of Topliss-reactive ketones (excluding diaryl/α,β-unsaturated/α-hetero) is 1. The number of aliphatic hydroxyl groups excluding tert-OH is 1. The molecule has 1 atom stereocenters. The van der Waals surface area contributed by atoms with Crippen molar-refractivity contribution in [3.8, 4) is 11.5 Å². The second-order valence-electron chi connectivity index (χ2n) is 7.28. The number of carbonyl (C=O) groups is 2. The first-order valence-corrected chi connectivity index (χ1v) is 10.7. The van der Waals surface area contributed by atoms with E-state index in [9.17, 15) is 14.7 Å². The largest absolute Gasteiger partial charge is 0.507 e. The Kier molecular flexibility index (Phi) is 5.71. The van der Waals surface area contributed by atoms with Crippen molar-refractivity contribution in [2.24, 2.45) is 0 Å². The van der Waals surface area contributed by atoms with Crippen molar-refractivity contribution >= 4 is 33.9 Å². The summed E-state index contributed by atoms with van der Waals surface area (Å²) in [6.07, 6.45) is 0.